The van der Waals surface area contributed by atoms with Gasteiger partial charge in [0.05, 0.1) is 11.3 Å². The Labute approximate surface area is 264 Å². The molecule has 3 heterocycles. The van der Waals surface area contributed by atoms with Crippen molar-refractivity contribution in [2.24, 2.45) is 0 Å². The maximum atomic E-state index is 14.2. The molecule has 10 heteroatoms. The Kier molecular flexibility index (Phi) is 8.43. The molecular weight excluding hydrogens is 572 g/mol. The van der Waals surface area contributed by atoms with Gasteiger partial charge in [-0.2, -0.15) is 0 Å². The van der Waals surface area contributed by atoms with Crippen LogP contribution in [0.25, 0.3) is 0 Å². The van der Waals surface area contributed by atoms with Crippen molar-refractivity contribution >= 4 is 40.8 Å². The van der Waals surface area contributed by atoms with Crippen molar-refractivity contribution in [1.82, 2.24) is 4.90 Å². The van der Waals surface area contributed by atoms with E-state index in [1.165, 1.54) is 12.8 Å². The maximum absolute atomic E-state index is 14.2. The molecule has 2 aromatic rings. The van der Waals surface area contributed by atoms with Gasteiger partial charge in [0.2, 0.25) is 5.91 Å². The van der Waals surface area contributed by atoms with E-state index in [1.54, 1.807) is 24.1 Å². The fourth-order valence-corrected chi connectivity index (χ4v) is 7.15. The summed E-state index contributed by atoms with van der Waals surface area (Å²) >= 11 is 0. The first-order valence-electron chi connectivity index (χ1n) is 16.0. The second kappa shape index (κ2) is 12.3. The summed E-state index contributed by atoms with van der Waals surface area (Å²) in [4.78, 5) is 56.5. The Morgan fingerprint density at radius 3 is 2.36 bits per heavy atom. The van der Waals surface area contributed by atoms with Crippen molar-refractivity contribution in [2.75, 3.05) is 35.7 Å². The smallest absolute Gasteiger partial charge is 0.336 e. The lowest BCUT2D eigenvalue weighted by atomic mass is 9.83. The van der Waals surface area contributed by atoms with Gasteiger partial charge in [-0.15, -0.1) is 0 Å². The Hall–Kier alpha value is -4.18. The van der Waals surface area contributed by atoms with E-state index < -0.39 is 23.3 Å². The van der Waals surface area contributed by atoms with Crippen molar-refractivity contribution < 1.29 is 28.7 Å². The van der Waals surface area contributed by atoms with Gasteiger partial charge in [-0.05, 0) is 74.4 Å². The number of amides is 2. The van der Waals surface area contributed by atoms with E-state index in [4.69, 9.17) is 9.47 Å². The highest BCUT2D eigenvalue weighted by atomic mass is 16.5. The highest BCUT2D eigenvalue weighted by molar-refractivity contribution is 6.11. The third kappa shape index (κ3) is 6.33. The lowest BCUT2D eigenvalue weighted by molar-refractivity contribution is -0.131. The van der Waals surface area contributed by atoms with Crippen LogP contribution in [0.15, 0.2) is 36.4 Å². The zero-order chi connectivity index (χ0) is 31.9. The van der Waals surface area contributed by atoms with Crippen molar-refractivity contribution in [2.45, 2.75) is 89.6 Å². The predicted molar refractivity (Wildman–Crippen MR) is 172 cm³/mol. The molecule has 238 valence electrons. The van der Waals surface area contributed by atoms with E-state index in [0.29, 0.717) is 29.8 Å². The largest absolute Gasteiger partial charge is 0.423 e. The third-order valence-corrected chi connectivity index (χ3v) is 9.36. The monoisotopic (exact) mass is 614 g/mol. The number of esters is 2. The summed E-state index contributed by atoms with van der Waals surface area (Å²) in [6.07, 6.45) is 9.64. The highest BCUT2D eigenvalue weighted by Crippen LogP contribution is 2.47. The van der Waals surface area contributed by atoms with Crippen LogP contribution in [-0.4, -0.2) is 60.9 Å². The molecule has 10 nitrogen and oxygen atoms in total. The molecule has 1 aliphatic carbocycles. The van der Waals surface area contributed by atoms with E-state index in [-0.39, 0.29) is 35.1 Å². The molecule has 2 atom stereocenters. The Bertz CT molecular complexity index is 1570. The molecule has 2 bridgehead atoms. The highest BCUT2D eigenvalue weighted by Gasteiger charge is 2.37. The molecule has 0 radical (unpaired) electrons. The van der Waals surface area contributed by atoms with Gasteiger partial charge in [-0.3, -0.25) is 14.5 Å². The van der Waals surface area contributed by atoms with Crippen molar-refractivity contribution in [3.63, 3.8) is 0 Å². The first kappa shape index (κ1) is 30.8. The molecule has 2 aromatic carbocycles. The van der Waals surface area contributed by atoms with Gasteiger partial charge >= 0.3 is 11.9 Å². The number of anilines is 3. The number of carbonyl (C=O) groups excluding carboxylic acids is 4. The lowest BCUT2D eigenvalue weighted by Crippen LogP contribution is -2.48. The van der Waals surface area contributed by atoms with Crippen LogP contribution in [-0.2, 0) is 26.2 Å². The molecule has 0 aromatic heterocycles. The van der Waals surface area contributed by atoms with Gasteiger partial charge in [0, 0.05) is 54.6 Å². The number of fused-ring (bicyclic) bond motifs is 3. The lowest BCUT2D eigenvalue weighted by Gasteiger charge is -2.39. The van der Waals surface area contributed by atoms with Gasteiger partial charge < -0.3 is 25.0 Å². The minimum atomic E-state index is -0.735. The summed E-state index contributed by atoms with van der Waals surface area (Å²) in [5, 5.41) is 6.70. The Balaban J connectivity index is 1.46. The van der Waals surface area contributed by atoms with Crippen LogP contribution in [0.3, 0.4) is 0 Å². The topological polar surface area (TPSA) is 117 Å². The number of hydrogen-bond donors (Lipinski definition) is 2. The number of aryl methyl sites for hydroxylation is 1. The molecule has 1 saturated carbocycles. The first-order chi connectivity index (χ1) is 21.5. The minimum Gasteiger partial charge on any atom is -0.423 e. The summed E-state index contributed by atoms with van der Waals surface area (Å²) in [7, 11) is 1.73. The zero-order valence-corrected chi connectivity index (χ0v) is 26.5. The standard InChI is InChI=1S/C35H42N4O6/c1-35(2,3)31-27-20-23(34(43)36-22-13-11-21-12-14-28(40)38(4)26(21)19-22)32(33(31)45-30(42)16-15-29(41)44-27)37-24-9-5-6-10-25(24)39-17-7-8-18-39/h11,13,15-16,19-20,24-25,37H,5-10,12,14,17-18H2,1-4H3,(H,36,43)/b16-15+/t24-,25-/m0/s1. The maximum Gasteiger partial charge on any atom is 0.336 e. The van der Waals surface area contributed by atoms with E-state index in [0.717, 1.165) is 62.2 Å². The number of ether oxygens (including phenoxy) is 2. The van der Waals surface area contributed by atoms with Gasteiger partial charge in [0.25, 0.3) is 5.91 Å². The fraction of sp³-hybridized carbons (Fsp3) is 0.486. The van der Waals surface area contributed by atoms with Gasteiger partial charge in [0.1, 0.15) is 5.75 Å². The van der Waals surface area contributed by atoms with Crippen LogP contribution >= 0.6 is 0 Å². The summed E-state index contributed by atoms with van der Waals surface area (Å²) in [6, 6.07) is 7.42. The number of rotatable bonds is 5. The number of benzene rings is 2. The molecule has 6 rings (SSSR count). The third-order valence-electron chi connectivity index (χ3n) is 9.36. The molecule has 1 saturated heterocycles. The summed E-state index contributed by atoms with van der Waals surface area (Å²) in [5.41, 5.74) is 2.81. The van der Waals surface area contributed by atoms with Gasteiger partial charge in [-0.1, -0.05) is 39.7 Å². The van der Waals surface area contributed by atoms with Gasteiger partial charge in [-0.25, -0.2) is 9.59 Å². The van der Waals surface area contributed by atoms with Crippen molar-refractivity contribution in [1.29, 1.82) is 0 Å². The van der Waals surface area contributed by atoms with Crippen LogP contribution in [0.5, 0.6) is 11.5 Å². The molecule has 0 spiro atoms. The van der Waals surface area contributed by atoms with Crippen LogP contribution < -0.4 is 25.0 Å². The normalized spacial score (nSPS) is 22.8. The van der Waals surface area contributed by atoms with Crippen LogP contribution in [0, 0.1) is 0 Å². The summed E-state index contributed by atoms with van der Waals surface area (Å²) in [6.45, 7) is 7.93. The molecule has 45 heavy (non-hydrogen) atoms. The fourth-order valence-electron chi connectivity index (χ4n) is 7.15. The number of nitrogens with zero attached hydrogens (tertiary/aromatic N) is 2. The second-order valence-corrected chi connectivity index (χ2v) is 13.5. The molecule has 2 amide bonds. The van der Waals surface area contributed by atoms with E-state index >= 15 is 0 Å². The van der Waals surface area contributed by atoms with Gasteiger partial charge in [0.15, 0.2) is 5.75 Å². The molecule has 3 aliphatic heterocycles. The number of hydrogen-bond acceptors (Lipinski definition) is 8. The molecule has 2 N–H and O–H groups in total. The molecular formula is C35H42N4O6. The number of nitrogens with one attached hydrogen (secondary N) is 2. The average molecular weight is 615 g/mol. The van der Waals surface area contributed by atoms with Crippen LogP contribution in [0.4, 0.5) is 17.1 Å². The van der Waals surface area contributed by atoms with E-state index in [2.05, 4.69) is 15.5 Å². The molecule has 0 unspecified atom stereocenters. The van der Waals surface area contributed by atoms with E-state index in [1.807, 2.05) is 32.9 Å². The molecule has 4 aliphatic rings. The van der Waals surface area contributed by atoms with E-state index in [9.17, 15) is 19.2 Å². The first-order valence-corrected chi connectivity index (χ1v) is 16.0. The van der Waals surface area contributed by atoms with Crippen molar-refractivity contribution in [3.05, 3.63) is 53.1 Å². The zero-order valence-electron chi connectivity index (χ0n) is 26.5. The Morgan fingerprint density at radius 1 is 0.911 bits per heavy atom. The van der Waals surface area contributed by atoms with Crippen molar-refractivity contribution in [3.8, 4) is 11.5 Å². The summed E-state index contributed by atoms with van der Waals surface area (Å²) < 4.78 is 11.8. The minimum absolute atomic E-state index is 0.0196. The van der Waals surface area contributed by atoms with Crippen LogP contribution in [0.1, 0.15) is 87.2 Å². The average Bonchev–Trinajstić information content (AvgIpc) is 3.54. The Morgan fingerprint density at radius 2 is 1.62 bits per heavy atom. The number of likely N-dealkylation sites (tertiary alicyclic amines) is 1. The quantitative estimate of drug-likeness (QED) is 0.342. The predicted octanol–water partition coefficient (Wildman–Crippen LogP) is 5.34. The SMILES string of the molecule is CN1C(=O)CCc2ccc(NC(=O)c3cc4c(C(C)(C)C)c(c3N[C@H]3CCCC[C@@H]3N3CCCC3)OC(=O)/C=C/C(=O)O4)cc21. The number of carbonyl (C=O) groups is 4. The van der Waals surface area contributed by atoms with Crippen LogP contribution in [0.2, 0.25) is 0 Å². The summed E-state index contributed by atoms with van der Waals surface area (Å²) in [5.74, 6) is -1.55. The second-order valence-electron chi connectivity index (χ2n) is 13.5. The molecule has 2 fully saturated rings.